The molecule has 6 nitrogen and oxygen atoms in total. The van der Waals surface area contributed by atoms with Gasteiger partial charge in [-0.05, 0) is 73.8 Å². The number of carbonyl (C=O) groups excluding carboxylic acids is 1. The first-order chi connectivity index (χ1) is 12.6. The zero-order chi connectivity index (χ0) is 17.7. The first kappa shape index (κ1) is 16.0. The molecule has 4 saturated carbocycles. The van der Waals surface area contributed by atoms with Gasteiger partial charge in [0, 0.05) is 0 Å². The molecule has 1 aromatic carbocycles. The number of ether oxygens (including phenoxy) is 1. The lowest BCUT2D eigenvalue weighted by atomic mass is 9.49. The maximum absolute atomic E-state index is 12.5. The molecule has 1 aromatic heterocycles. The highest BCUT2D eigenvalue weighted by atomic mass is 16.5. The minimum atomic E-state index is -0.279. The van der Waals surface area contributed by atoms with Crippen LogP contribution in [0.4, 0.5) is 0 Å². The van der Waals surface area contributed by atoms with Crippen LogP contribution in [-0.2, 0) is 16.3 Å². The lowest BCUT2D eigenvalue weighted by Crippen LogP contribution is -2.47. The molecule has 136 valence electrons. The molecule has 4 bridgehead atoms. The summed E-state index contributed by atoms with van der Waals surface area (Å²) in [5.41, 5.74) is 0.415. The van der Waals surface area contributed by atoms with E-state index in [2.05, 4.69) is 10.3 Å². The number of carbonyl (C=O) groups is 1. The fourth-order valence-corrected chi connectivity index (χ4v) is 6.10. The molecule has 0 spiro atoms. The van der Waals surface area contributed by atoms with E-state index in [1.807, 2.05) is 6.07 Å². The normalized spacial score (nSPS) is 32.1. The average Bonchev–Trinajstić information content (AvgIpc) is 2.60. The lowest BCUT2D eigenvalue weighted by Gasteiger charge is -2.56. The summed E-state index contributed by atoms with van der Waals surface area (Å²) in [6.45, 7) is -0.165. The summed E-state index contributed by atoms with van der Waals surface area (Å²) in [7, 11) is 0. The van der Waals surface area contributed by atoms with Crippen LogP contribution < -0.4 is 5.56 Å². The number of fused-ring (bicyclic) bond motifs is 1. The van der Waals surface area contributed by atoms with E-state index in [0.717, 1.165) is 22.4 Å². The van der Waals surface area contributed by atoms with Crippen molar-refractivity contribution >= 4 is 16.9 Å². The highest BCUT2D eigenvalue weighted by Crippen LogP contribution is 2.61. The molecular weight excluding hydrogens is 330 g/mol. The van der Waals surface area contributed by atoms with Crippen molar-refractivity contribution in [2.24, 2.45) is 23.2 Å². The van der Waals surface area contributed by atoms with Gasteiger partial charge in [-0.1, -0.05) is 17.3 Å². The maximum atomic E-state index is 12.5. The number of hydrogen-bond acceptors (Lipinski definition) is 5. The molecule has 4 aliphatic carbocycles. The smallest absolute Gasteiger partial charge is 0.308 e. The molecule has 0 unspecified atom stereocenters. The van der Waals surface area contributed by atoms with Gasteiger partial charge in [0.2, 0.25) is 0 Å². The van der Waals surface area contributed by atoms with Crippen LogP contribution in [0.15, 0.2) is 29.1 Å². The molecule has 4 aliphatic rings. The Morgan fingerprint density at radius 1 is 1.12 bits per heavy atom. The summed E-state index contributed by atoms with van der Waals surface area (Å²) >= 11 is 0. The molecule has 0 N–H and O–H groups in total. The van der Waals surface area contributed by atoms with Crippen LogP contribution in [-0.4, -0.2) is 21.0 Å². The number of nitrogens with zero attached hydrogens (tertiary/aromatic N) is 3. The van der Waals surface area contributed by atoms with Crippen LogP contribution in [0, 0.1) is 23.2 Å². The Kier molecular flexibility index (Phi) is 3.62. The van der Waals surface area contributed by atoms with E-state index in [9.17, 15) is 9.59 Å². The van der Waals surface area contributed by atoms with E-state index in [1.54, 1.807) is 18.2 Å². The van der Waals surface area contributed by atoms with Gasteiger partial charge in [0.25, 0.3) is 5.56 Å². The van der Waals surface area contributed by atoms with Crippen molar-refractivity contribution in [1.29, 1.82) is 0 Å². The van der Waals surface area contributed by atoms with Gasteiger partial charge >= 0.3 is 5.97 Å². The lowest BCUT2D eigenvalue weighted by molar-refractivity contribution is -0.156. The van der Waals surface area contributed by atoms with E-state index in [4.69, 9.17) is 4.74 Å². The average molecular weight is 353 g/mol. The Hall–Kier alpha value is -2.24. The molecule has 6 heteroatoms. The molecule has 0 amide bonds. The summed E-state index contributed by atoms with van der Waals surface area (Å²) in [4.78, 5) is 24.9. The highest BCUT2D eigenvalue weighted by molar-refractivity contribution is 5.76. The molecule has 0 radical (unpaired) electrons. The van der Waals surface area contributed by atoms with E-state index in [0.29, 0.717) is 17.3 Å². The SMILES string of the molecule is O=C(CC12CC3CC(CC(C3)C1)C2)OCn1nnc2ccccc2c1=O. The van der Waals surface area contributed by atoms with Crippen molar-refractivity contribution in [2.75, 3.05) is 0 Å². The number of aromatic nitrogens is 3. The fraction of sp³-hybridized carbons (Fsp3) is 0.600. The number of benzene rings is 1. The summed E-state index contributed by atoms with van der Waals surface area (Å²) in [6.07, 6.45) is 8.06. The van der Waals surface area contributed by atoms with Crippen LogP contribution in [0.2, 0.25) is 0 Å². The first-order valence-electron chi connectivity index (χ1n) is 9.58. The van der Waals surface area contributed by atoms with Crippen molar-refractivity contribution in [3.05, 3.63) is 34.6 Å². The molecule has 26 heavy (non-hydrogen) atoms. The van der Waals surface area contributed by atoms with Crippen molar-refractivity contribution < 1.29 is 9.53 Å². The zero-order valence-electron chi connectivity index (χ0n) is 14.8. The number of rotatable bonds is 4. The van der Waals surface area contributed by atoms with Gasteiger partial charge in [-0.3, -0.25) is 9.59 Å². The Balaban J connectivity index is 1.27. The predicted octanol–water partition coefficient (Wildman–Crippen LogP) is 2.90. The first-order valence-corrected chi connectivity index (χ1v) is 9.58. The number of esters is 1. The van der Waals surface area contributed by atoms with Gasteiger partial charge in [-0.25, -0.2) is 0 Å². The third-order valence-corrected chi connectivity index (χ3v) is 6.66. The van der Waals surface area contributed by atoms with E-state index in [1.165, 1.54) is 38.5 Å². The molecule has 0 saturated heterocycles. The van der Waals surface area contributed by atoms with Gasteiger partial charge in [0.15, 0.2) is 6.73 Å². The van der Waals surface area contributed by atoms with Gasteiger partial charge in [0.05, 0.1) is 11.8 Å². The summed E-state index contributed by atoms with van der Waals surface area (Å²) < 4.78 is 6.54. The Bertz CT molecular complexity index is 885. The number of hydrogen-bond donors (Lipinski definition) is 0. The van der Waals surface area contributed by atoms with E-state index >= 15 is 0 Å². The minimum Gasteiger partial charge on any atom is -0.442 e. The van der Waals surface area contributed by atoms with E-state index in [-0.39, 0.29) is 23.7 Å². The predicted molar refractivity (Wildman–Crippen MR) is 95.1 cm³/mol. The second-order valence-corrected chi connectivity index (χ2v) is 8.65. The zero-order valence-corrected chi connectivity index (χ0v) is 14.8. The van der Waals surface area contributed by atoms with Crippen molar-refractivity contribution in [3.63, 3.8) is 0 Å². The largest absolute Gasteiger partial charge is 0.442 e. The van der Waals surface area contributed by atoms with Crippen LogP contribution >= 0.6 is 0 Å². The molecule has 6 rings (SSSR count). The maximum Gasteiger partial charge on any atom is 0.308 e. The monoisotopic (exact) mass is 353 g/mol. The van der Waals surface area contributed by atoms with Crippen LogP contribution in [0.3, 0.4) is 0 Å². The minimum absolute atomic E-state index is 0.145. The molecule has 0 aliphatic heterocycles. The molecule has 1 heterocycles. The van der Waals surface area contributed by atoms with E-state index < -0.39 is 0 Å². The summed E-state index contributed by atoms with van der Waals surface area (Å²) in [6, 6.07) is 7.05. The molecule has 0 atom stereocenters. The standard InChI is InChI=1S/C20H23N3O3/c24-18(11-20-8-13-5-14(9-20)7-15(6-13)10-20)26-12-23-19(25)16-3-1-2-4-17(16)21-22-23/h1-4,13-15H,5-12H2. The highest BCUT2D eigenvalue weighted by Gasteiger charge is 2.51. The van der Waals surface area contributed by atoms with Crippen molar-refractivity contribution in [1.82, 2.24) is 15.0 Å². The van der Waals surface area contributed by atoms with Gasteiger partial charge in [-0.2, -0.15) is 4.68 Å². The van der Waals surface area contributed by atoms with Gasteiger partial charge in [-0.15, -0.1) is 5.10 Å². The Morgan fingerprint density at radius 2 is 1.77 bits per heavy atom. The third-order valence-electron chi connectivity index (χ3n) is 6.66. The van der Waals surface area contributed by atoms with Gasteiger partial charge in [0.1, 0.15) is 5.52 Å². The van der Waals surface area contributed by atoms with Crippen LogP contribution in [0.1, 0.15) is 44.9 Å². The topological polar surface area (TPSA) is 74.1 Å². The summed E-state index contributed by atoms with van der Waals surface area (Å²) in [5, 5.41) is 8.39. The molecule has 4 fully saturated rings. The van der Waals surface area contributed by atoms with Crippen LogP contribution in [0.5, 0.6) is 0 Å². The van der Waals surface area contributed by atoms with Crippen LogP contribution in [0.25, 0.3) is 10.9 Å². The van der Waals surface area contributed by atoms with Crippen molar-refractivity contribution in [3.8, 4) is 0 Å². The fourth-order valence-electron chi connectivity index (χ4n) is 6.10. The third kappa shape index (κ3) is 2.72. The second-order valence-electron chi connectivity index (χ2n) is 8.65. The molecular formula is C20H23N3O3. The Morgan fingerprint density at radius 3 is 2.46 bits per heavy atom. The second kappa shape index (κ2) is 5.89. The Labute approximate surface area is 151 Å². The summed E-state index contributed by atoms with van der Waals surface area (Å²) in [5.74, 6) is 2.21. The quantitative estimate of drug-likeness (QED) is 0.790. The molecule has 2 aromatic rings. The van der Waals surface area contributed by atoms with Gasteiger partial charge < -0.3 is 4.74 Å². The van der Waals surface area contributed by atoms with Crippen molar-refractivity contribution in [2.45, 2.75) is 51.7 Å².